The van der Waals surface area contributed by atoms with Crippen molar-refractivity contribution in [2.24, 2.45) is 0 Å². The number of pyridine rings is 2. The normalized spacial score (nSPS) is 9.94. The molecule has 86 valence electrons. The van der Waals surface area contributed by atoms with Gasteiger partial charge in [-0.3, -0.25) is 9.78 Å². The van der Waals surface area contributed by atoms with Gasteiger partial charge in [0.2, 0.25) is 0 Å². The largest absolute Gasteiger partial charge is 0.384 e. The monoisotopic (exact) mass is 228 g/mol. The van der Waals surface area contributed by atoms with Crippen molar-refractivity contribution < 1.29 is 4.79 Å². The minimum absolute atomic E-state index is 0.215. The fourth-order valence-electron chi connectivity index (χ4n) is 1.40. The molecule has 5 heteroatoms. The number of carbonyl (C=O) groups excluding carboxylic acids is 1. The van der Waals surface area contributed by atoms with Crippen LogP contribution in [0, 0.1) is 6.92 Å². The van der Waals surface area contributed by atoms with Gasteiger partial charge >= 0.3 is 0 Å². The fraction of sp³-hybridized carbons (Fsp3) is 0.0833. The Hall–Kier alpha value is -2.43. The van der Waals surface area contributed by atoms with Gasteiger partial charge < -0.3 is 11.1 Å². The second-order valence-corrected chi connectivity index (χ2v) is 3.56. The van der Waals surface area contributed by atoms with Crippen LogP contribution in [-0.4, -0.2) is 15.9 Å². The molecule has 0 saturated carbocycles. The maximum atomic E-state index is 11.8. The average molecular weight is 228 g/mol. The first-order valence-corrected chi connectivity index (χ1v) is 5.11. The third kappa shape index (κ3) is 2.57. The Kier molecular flexibility index (Phi) is 3.00. The maximum Gasteiger partial charge on any atom is 0.257 e. The van der Waals surface area contributed by atoms with Crippen LogP contribution in [0.25, 0.3) is 0 Å². The number of carbonyl (C=O) groups is 1. The summed E-state index contributed by atoms with van der Waals surface area (Å²) in [7, 11) is 0. The molecule has 0 bridgehead atoms. The predicted molar refractivity (Wildman–Crippen MR) is 65.6 cm³/mol. The molecule has 0 aliphatic rings. The first kappa shape index (κ1) is 11.1. The van der Waals surface area contributed by atoms with Crippen LogP contribution in [0.2, 0.25) is 0 Å². The smallest absolute Gasteiger partial charge is 0.257 e. The molecule has 2 rings (SSSR count). The van der Waals surface area contributed by atoms with Crippen LogP contribution in [0.15, 0.2) is 36.7 Å². The number of rotatable bonds is 2. The zero-order valence-electron chi connectivity index (χ0n) is 9.34. The van der Waals surface area contributed by atoms with E-state index in [2.05, 4.69) is 15.3 Å². The highest BCUT2D eigenvalue weighted by Gasteiger charge is 2.07. The van der Waals surface area contributed by atoms with Gasteiger partial charge in [-0.15, -0.1) is 0 Å². The van der Waals surface area contributed by atoms with Crippen molar-refractivity contribution in [1.29, 1.82) is 0 Å². The minimum Gasteiger partial charge on any atom is -0.384 e. The van der Waals surface area contributed by atoms with Gasteiger partial charge in [0.25, 0.3) is 5.91 Å². The first-order valence-electron chi connectivity index (χ1n) is 5.11. The molecule has 2 heterocycles. The molecule has 0 atom stereocenters. The Bertz CT molecular complexity index is 539. The van der Waals surface area contributed by atoms with E-state index in [1.165, 1.54) is 6.20 Å². The summed E-state index contributed by atoms with van der Waals surface area (Å²) in [6, 6.07) is 6.78. The molecular formula is C12H12N4O. The molecule has 2 aromatic rings. The lowest BCUT2D eigenvalue weighted by atomic mass is 10.2. The van der Waals surface area contributed by atoms with E-state index in [-0.39, 0.29) is 5.91 Å². The van der Waals surface area contributed by atoms with Gasteiger partial charge in [-0.25, -0.2) is 4.98 Å². The molecule has 0 aliphatic heterocycles. The van der Waals surface area contributed by atoms with E-state index < -0.39 is 0 Å². The SMILES string of the molecule is Cc1nc(N)ccc1NC(=O)c1cccnc1. The average Bonchev–Trinajstić information content (AvgIpc) is 2.34. The molecule has 0 unspecified atom stereocenters. The maximum absolute atomic E-state index is 11.8. The van der Waals surface area contributed by atoms with E-state index in [0.29, 0.717) is 22.8 Å². The summed E-state index contributed by atoms with van der Waals surface area (Å²) >= 11 is 0. The Morgan fingerprint density at radius 2 is 2.18 bits per heavy atom. The van der Waals surface area contributed by atoms with E-state index in [4.69, 9.17) is 5.73 Å². The van der Waals surface area contributed by atoms with Crippen molar-refractivity contribution in [2.75, 3.05) is 11.1 Å². The molecule has 2 aromatic heterocycles. The molecule has 17 heavy (non-hydrogen) atoms. The number of aryl methyl sites for hydroxylation is 1. The van der Waals surface area contributed by atoms with Crippen molar-refractivity contribution in [1.82, 2.24) is 9.97 Å². The molecule has 0 radical (unpaired) electrons. The summed E-state index contributed by atoms with van der Waals surface area (Å²) in [5.41, 5.74) is 7.37. The second kappa shape index (κ2) is 4.61. The Morgan fingerprint density at radius 3 is 2.82 bits per heavy atom. The number of aromatic nitrogens is 2. The van der Waals surface area contributed by atoms with E-state index in [1.807, 2.05) is 0 Å². The van der Waals surface area contributed by atoms with Crippen LogP contribution < -0.4 is 11.1 Å². The van der Waals surface area contributed by atoms with E-state index in [0.717, 1.165) is 0 Å². The highest BCUT2D eigenvalue weighted by Crippen LogP contribution is 2.14. The lowest BCUT2D eigenvalue weighted by molar-refractivity contribution is 0.102. The zero-order chi connectivity index (χ0) is 12.3. The molecular weight excluding hydrogens is 216 g/mol. The molecule has 0 fully saturated rings. The van der Waals surface area contributed by atoms with Gasteiger partial charge in [-0.2, -0.15) is 0 Å². The molecule has 0 saturated heterocycles. The number of anilines is 2. The number of nitrogen functional groups attached to an aromatic ring is 1. The van der Waals surface area contributed by atoms with Gasteiger partial charge in [-0.1, -0.05) is 0 Å². The summed E-state index contributed by atoms with van der Waals surface area (Å²) < 4.78 is 0. The number of hydrogen-bond acceptors (Lipinski definition) is 4. The number of hydrogen-bond donors (Lipinski definition) is 2. The van der Waals surface area contributed by atoms with Gasteiger partial charge in [-0.05, 0) is 31.2 Å². The summed E-state index contributed by atoms with van der Waals surface area (Å²) in [5.74, 6) is 0.217. The van der Waals surface area contributed by atoms with Crippen molar-refractivity contribution in [3.8, 4) is 0 Å². The van der Waals surface area contributed by atoms with E-state index in [9.17, 15) is 4.79 Å². The van der Waals surface area contributed by atoms with Crippen LogP contribution in [-0.2, 0) is 0 Å². The standard InChI is InChI=1S/C12H12N4O/c1-8-10(4-5-11(13)15-8)16-12(17)9-3-2-6-14-7-9/h2-7H,1H3,(H2,13,15)(H,16,17). The number of nitrogens with zero attached hydrogens (tertiary/aromatic N) is 2. The molecule has 0 spiro atoms. The quantitative estimate of drug-likeness (QED) is 0.818. The lowest BCUT2D eigenvalue weighted by Gasteiger charge is -2.07. The van der Waals surface area contributed by atoms with Crippen LogP contribution in [0.3, 0.4) is 0 Å². The topological polar surface area (TPSA) is 80.9 Å². The third-order valence-corrected chi connectivity index (χ3v) is 2.28. The fourth-order valence-corrected chi connectivity index (χ4v) is 1.40. The second-order valence-electron chi connectivity index (χ2n) is 3.56. The van der Waals surface area contributed by atoms with Gasteiger partial charge in [0.15, 0.2) is 0 Å². The first-order chi connectivity index (χ1) is 8.16. The number of amides is 1. The zero-order valence-corrected chi connectivity index (χ0v) is 9.34. The van der Waals surface area contributed by atoms with Crippen LogP contribution >= 0.6 is 0 Å². The molecule has 3 N–H and O–H groups in total. The third-order valence-electron chi connectivity index (χ3n) is 2.28. The van der Waals surface area contributed by atoms with Crippen LogP contribution in [0.4, 0.5) is 11.5 Å². The Balaban J connectivity index is 2.19. The van der Waals surface area contributed by atoms with Gasteiger partial charge in [0.05, 0.1) is 16.9 Å². The van der Waals surface area contributed by atoms with Crippen molar-refractivity contribution >= 4 is 17.4 Å². The minimum atomic E-state index is -0.215. The molecule has 1 amide bonds. The van der Waals surface area contributed by atoms with Crippen LogP contribution in [0.1, 0.15) is 16.1 Å². The van der Waals surface area contributed by atoms with Crippen molar-refractivity contribution in [3.63, 3.8) is 0 Å². The van der Waals surface area contributed by atoms with Crippen molar-refractivity contribution in [2.45, 2.75) is 6.92 Å². The highest BCUT2D eigenvalue weighted by atomic mass is 16.1. The summed E-state index contributed by atoms with van der Waals surface area (Å²) in [5, 5.41) is 2.76. The van der Waals surface area contributed by atoms with E-state index in [1.54, 1.807) is 37.4 Å². The van der Waals surface area contributed by atoms with Crippen LogP contribution in [0.5, 0.6) is 0 Å². The predicted octanol–water partition coefficient (Wildman–Crippen LogP) is 1.62. The highest BCUT2D eigenvalue weighted by molar-refractivity contribution is 6.04. The Labute approximate surface area is 98.7 Å². The summed E-state index contributed by atoms with van der Waals surface area (Å²) in [6.07, 6.45) is 3.13. The number of nitrogens with one attached hydrogen (secondary N) is 1. The lowest BCUT2D eigenvalue weighted by Crippen LogP contribution is -2.13. The number of nitrogens with two attached hydrogens (primary N) is 1. The molecule has 0 aromatic carbocycles. The van der Waals surface area contributed by atoms with Gasteiger partial charge in [0, 0.05) is 12.4 Å². The molecule has 5 nitrogen and oxygen atoms in total. The summed E-state index contributed by atoms with van der Waals surface area (Å²) in [4.78, 5) is 19.8. The Morgan fingerprint density at radius 1 is 1.35 bits per heavy atom. The van der Waals surface area contributed by atoms with E-state index >= 15 is 0 Å². The van der Waals surface area contributed by atoms with Crippen molar-refractivity contribution in [3.05, 3.63) is 47.9 Å². The van der Waals surface area contributed by atoms with Gasteiger partial charge in [0.1, 0.15) is 5.82 Å². The molecule has 0 aliphatic carbocycles. The summed E-state index contributed by atoms with van der Waals surface area (Å²) in [6.45, 7) is 1.79.